The molecule has 0 aliphatic heterocycles. The van der Waals surface area contributed by atoms with Gasteiger partial charge in [-0.05, 0) is 12.3 Å². The summed E-state index contributed by atoms with van der Waals surface area (Å²) in [4.78, 5) is 21.5. The van der Waals surface area contributed by atoms with Crippen molar-refractivity contribution in [3.63, 3.8) is 0 Å². The van der Waals surface area contributed by atoms with Crippen LogP contribution in [0.15, 0.2) is 0 Å². The van der Waals surface area contributed by atoms with Crippen molar-refractivity contribution < 1.29 is 19.8 Å². The fraction of sp³-hybridized carbons (Fsp3) is 0.818. The lowest BCUT2D eigenvalue weighted by Gasteiger charge is -2.11. The fourth-order valence-corrected chi connectivity index (χ4v) is 2.03. The standard InChI is InChI=1S/C11H20N2O4/c14-9(10(15)16)7-13-11(17)12-6-5-8-3-1-2-4-8/h8-9,14H,1-7H2,(H,15,16)(H2,12,13,17)/t9-/m0/s1. The van der Waals surface area contributed by atoms with Gasteiger partial charge in [0.25, 0.3) is 0 Å². The van der Waals surface area contributed by atoms with E-state index in [1.807, 2.05) is 0 Å². The van der Waals surface area contributed by atoms with Gasteiger partial charge in [-0.15, -0.1) is 0 Å². The number of carbonyl (C=O) groups excluding carboxylic acids is 1. The monoisotopic (exact) mass is 244 g/mol. The Kier molecular flexibility index (Phi) is 5.76. The lowest BCUT2D eigenvalue weighted by atomic mass is 10.0. The normalized spacial score (nSPS) is 17.7. The third kappa shape index (κ3) is 5.53. The highest BCUT2D eigenvalue weighted by Gasteiger charge is 2.16. The molecule has 0 aromatic carbocycles. The maximum Gasteiger partial charge on any atom is 0.334 e. The lowest BCUT2D eigenvalue weighted by Crippen LogP contribution is -2.42. The molecule has 1 atom stereocenters. The van der Waals surface area contributed by atoms with Crippen molar-refractivity contribution in [2.75, 3.05) is 13.1 Å². The molecule has 1 aliphatic rings. The van der Waals surface area contributed by atoms with Crippen LogP contribution in [0, 0.1) is 5.92 Å². The zero-order chi connectivity index (χ0) is 12.7. The number of carboxylic acids is 1. The smallest absolute Gasteiger partial charge is 0.334 e. The Bertz CT molecular complexity index is 264. The third-order valence-corrected chi connectivity index (χ3v) is 3.05. The molecular weight excluding hydrogens is 224 g/mol. The second kappa shape index (κ2) is 7.11. The van der Waals surface area contributed by atoms with Gasteiger partial charge in [-0.25, -0.2) is 9.59 Å². The fourth-order valence-electron chi connectivity index (χ4n) is 2.03. The van der Waals surface area contributed by atoms with Crippen LogP contribution < -0.4 is 10.6 Å². The summed E-state index contributed by atoms with van der Waals surface area (Å²) in [5, 5.41) is 22.3. The van der Waals surface area contributed by atoms with Gasteiger partial charge in [0.1, 0.15) is 0 Å². The molecule has 17 heavy (non-hydrogen) atoms. The number of rotatable bonds is 6. The Hall–Kier alpha value is -1.30. The summed E-state index contributed by atoms with van der Waals surface area (Å²) >= 11 is 0. The van der Waals surface area contributed by atoms with E-state index >= 15 is 0 Å². The van der Waals surface area contributed by atoms with Crippen molar-refractivity contribution in [2.24, 2.45) is 5.92 Å². The van der Waals surface area contributed by atoms with Crippen LogP contribution in [0.1, 0.15) is 32.1 Å². The molecule has 1 rings (SSSR count). The van der Waals surface area contributed by atoms with Crippen molar-refractivity contribution in [1.29, 1.82) is 0 Å². The average molecular weight is 244 g/mol. The summed E-state index contributed by atoms with van der Waals surface area (Å²) in [6, 6.07) is -0.428. The van der Waals surface area contributed by atoms with E-state index in [0.29, 0.717) is 12.5 Å². The highest BCUT2D eigenvalue weighted by Crippen LogP contribution is 2.26. The molecule has 98 valence electrons. The number of carboxylic acid groups (broad SMARTS) is 1. The van der Waals surface area contributed by atoms with E-state index < -0.39 is 18.1 Å². The zero-order valence-electron chi connectivity index (χ0n) is 9.82. The van der Waals surface area contributed by atoms with Crippen LogP contribution in [-0.4, -0.2) is 41.4 Å². The van der Waals surface area contributed by atoms with Crippen LogP contribution in [0.3, 0.4) is 0 Å². The van der Waals surface area contributed by atoms with E-state index in [9.17, 15) is 9.59 Å². The molecule has 1 saturated carbocycles. The van der Waals surface area contributed by atoms with Crippen molar-refractivity contribution in [2.45, 2.75) is 38.2 Å². The maximum atomic E-state index is 11.2. The Balaban J connectivity index is 2.02. The Morgan fingerprint density at radius 2 is 1.88 bits per heavy atom. The molecule has 0 unspecified atom stereocenters. The summed E-state index contributed by atoms with van der Waals surface area (Å²) in [6.45, 7) is 0.324. The van der Waals surface area contributed by atoms with E-state index in [0.717, 1.165) is 6.42 Å². The number of nitrogens with one attached hydrogen (secondary N) is 2. The molecule has 0 spiro atoms. The molecule has 4 N–H and O–H groups in total. The van der Waals surface area contributed by atoms with Crippen LogP contribution in [0.25, 0.3) is 0 Å². The van der Waals surface area contributed by atoms with E-state index in [2.05, 4.69) is 10.6 Å². The SMILES string of the molecule is O=C(NCCC1CCCC1)NC[C@H](O)C(=O)O. The first kappa shape index (κ1) is 13.8. The summed E-state index contributed by atoms with van der Waals surface area (Å²) < 4.78 is 0. The van der Waals surface area contributed by atoms with Crippen LogP contribution >= 0.6 is 0 Å². The van der Waals surface area contributed by atoms with Gasteiger partial charge in [-0.1, -0.05) is 25.7 Å². The first-order chi connectivity index (χ1) is 8.09. The van der Waals surface area contributed by atoms with Crippen LogP contribution in [0.5, 0.6) is 0 Å². The number of aliphatic carboxylic acids is 1. The molecule has 0 aromatic rings. The summed E-state index contributed by atoms with van der Waals surface area (Å²) in [7, 11) is 0. The summed E-state index contributed by atoms with van der Waals surface area (Å²) in [5.41, 5.74) is 0. The molecule has 1 aliphatic carbocycles. The van der Waals surface area contributed by atoms with Crippen LogP contribution in [0.2, 0.25) is 0 Å². The van der Waals surface area contributed by atoms with Crippen molar-refractivity contribution in [3.8, 4) is 0 Å². The predicted octanol–water partition coefficient (Wildman–Crippen LogP) is 0.311. The highest BCUT2D eigenvalue weighted by atomic mass is 16.4. The van der Waals surface area contributed by atoms with Crippen molar-refractivity contribution in [3.05, 3.63) is 0 Å². The van der Waals surface area contributed by atoms with Gasteiger partial charge < -0.3 is 20.8 Å². The molecule has 6 heteroatoms. The van der Waals surface area contributed by atoms with Gasteiger partial charge in [0.05, 0.1) is 6.54 Å². The van der Waals surface area contributed by atoms with Crippen molar-refractivity contribution in [1.82, 2.24) is 10.6 Å². The highest BCUT2D eigenvalue weighted by molar-refractivity contribution is 5.76. The Morgan fingerprint density at radius 3 is 2.47 bits per heavy atom. The van der Waals surface area contributed by atoms with Gasteiger partial charge in [-0.2, -0.15) is 0 Å². The van der Waals surface area contributed by atoms with E-state index in [1.54, 1.807) is 0 Å². The number of aliphatic hydroxyl groups is 1. The quantitative estimate of drug-likeness (QED) is 0.540. The maximum absolute atomic E-state index is 11.2. The minimum Gasteiger partial charge on any atom is -0.479 e. The zero-order valence-corrected chi connectivity index (χ0v) is 9.82. The topological polar surface area (TPSA) is 98.7 Å². The number of aliphatic hydroxyl groups excluding tert-OH is 1. The molecule has 0 saturated heterocycles. The molecule has 2 amide bonds. The molecule has 0 radical (unpaired) electrons. The number of carbonyl (C=O) groups is 2. The molecule has 1 fully saturated rings. The number of urea groups is 1. The number of amides is 2. The second-order valence-electron chi connectivity index (χ2n) is 4.43. The predicted molar refractivity (Wildman–Crippen MR) is 61.6 cm³/mol. The molecular formula is C11H20N2O4. The van der Waals surface area contributed by atoms with Crippen molar-refractivity contribution >= 4 is 12.0 Å². The average Bonchev–Trinajstić information content (AvgIpc) is 2.78. The lowest BCUT2D eigenvalue weighted by molar-refractivity contribution is -0.146. The van der Waals surface area contributed by atoms with Gasteiger partial charge in [-0.3, -0.25) is 0 Å². The Labute approximate surface area is 100 Å². The Morgan fingerprint density at radius 1 is 1.24 bits per heavy atom. The largest absolute Gasteiger partial charge is 0.479 e. The molecule has 6 nitrogen and oxygen atoms in total. The molecule has 0 bridgehead atoms. The first-order valence-corrected chi connectivity index (χ1v) is 6.02. The van der Waals surface area contributed by atoms with E-state index in [1.165, 1.54) is 25.7 Å². The van der Waals surface area contributed by atoms with Gasteiger partial charge >= 0.3 is 12.0 Å². The first-order valence-electron chi connectivity index (χ1n) is 6.02. The van der Waals surface area contributed by atoms with E-state index in [-0.39, 0.29) is 6.54 Å². The molecule has 0 aromatic heterocycles. The summed E-state index contributed by atoms with van der Waals surface area (Å²) in [5.74, 6) is -0.629. The van der Waals surface area contributed by atoms with Gasteiger partial charge in [0.2, 0.25) is 0 Å². The number of hydrogen-bond donors (Lipinski definition) is 4. The second-order valence-corrected chi connectivity index (χ2v) is 4.43. The number of hydrogen-bond acceptors (Lipinski definition) is 3. The third-order valence-electron chi connectivity index (χ3n) is 3.05. The van der Waals surface area contributed by atoms with Gasteiger partial charge in [0, 0.05) is 6.54 Å². The van der Waals surface area contributed by atoms with Gasteiger partial charge in [0.15, 0.2) is 6.10 Å². The minimum atomic E-state index is -1.55. The van der Waals surface area contributed by atoms with E-state index in [4.69, 9.17) is 10.2 Å². The minimum absolute atomic E-state index is 0.273. The van der Waals surface area contributed by atoms with Crippen LogP contribution in [-0.2, 0) is 4.79 Å². The molecule has 0 heterocycles. The van der Waals surface area contributed by atoms with Crippen LogP contribution in [0.4, 0.5) is 4.79 Å². The summed E-state index contributed by atoms with van der Waals surface area (Å²) in [6.07, 6.45) is 4.45.